The Labute approximate surface area is 169 Å². The predicted molar refractivity (Wildman–Crippen MR) is 112 cm³/mol. The summed E-state index contributed by atoms with van der Waals surface area (Å²) in [6, 6.07) is 17.4. The number of pyridine rings is 1. The fourth-order valence-corrected chi connectivity index (χ4v) is 2.70. The standard InChI is InChI=1S/C22H22N4O3/c1-26(15-16-11-13-23-14-12-16)22(28)24-18-9-7-17(8-10-18)21(27)25-19-5-3-4-6-20(19)29-2/h3-14H,15H2,1-2H3,(H,24,28)(H,25,27). The zero-order valence-corrected chi connectivity index (χ0v) is 16.3. The third-order valence-electron chi connectivity index (χ3n) is 4.27. The van der Waals surface area contributed by atoms with Gasteiger partial charge in [0.1, 0.15) is 5.75 Å². The molecule has 1 aromatic heterocycles. The van der Waals surface area contributed by atoms with Crippen molar-refractivity contribution in [1.82, 2.24) is 9.88 Å². The maximum absolute atomic E-state index is 12.5. The molecule has 0 fully saturated rings. The number of para-hydroxylation sites is 2. The van der Waals surface area contributed by atoms with Crippen LogP contribution in [0.2, 0.25) is 0 Å². The number of aromatic nitrogens is 1. The van der Waals surface area contributed by atoms with Crippen LogP contribution in [0.15, 0.2) is 73.1 Å². The molecule has 148 valence electrons. The topological polar surface area (TPSA) is 83.6 Å². The summed E-state index contributed by atoms with van der Waals surface area (Å²) in [5, 5.41) is 5.63. The normalized spacial score (nSPS) is 10.1. The molecule has 7 nitrogen and oxygen atoms in total. The Morgan fingerprint density at radius 1 is 0.966 bits per heavy atom. The van der Waals surface area contributed by atoms with Crippen molar-refractivity contribution < 1.29 is 14.3 Å². The summed E-state index contributed by atoms with van der Waals surface area (Å²) in [7, 11) is 3.26. The van der Waals surface area contributed by atoms with E-state index in [1.807, 2.05) is 24.3 Å². The second-order valence-electron chi connectivity index (χ2n) is 6.37. The number of ether oxygens (including phenoxy) is 1. The van der Waals surface area contributed by atoms with Crippen molar-refractivity contribution in [2.45, 2.75) is 6.54 Å². The average molecular weight is 390 g/mol. The molecule has 0 aliphatic carbocycles. The van der Waals surface area contributed by atoms with Crippen LogP contribution in [0.3, 0.4) is 0 Å². The van der Waals surface area contributed by atoms with E-state index in [9.17, 15) is 9.59 Å². The molecule has 0 atom stereocenters. The molecule has 0 radical (unpaired) electrons. The lowest BCUT2D eigenvalue weighted by Gasteiger charge is -2.18. The fraction of sp³-hybridized carbons (Fsp3) is 0.136. The Kier molecular flexibility index (Phi) is 6.42. The highest BCUT2D eigenvalue weighted by atomic mass is 16.5. The first-order valence-corrected chi connectivity index (χ1v) is 9.02. The van der Waals surface area contributed by atoms with Gasteiger partial charge in [-0.15, -0.1) is 0 Å². The lowest BCUT2D eigenvalue weighted by molar-refractivity contribution is 0.102. The van der Waals surface area contributed by atoms with E-state index in [1.165, 1.54) is 0 Å². The predicted octanol–water partition coefficient (Wildman–Crippen LogP) is 4.01. The SMILES string of the molecule is COc1ccccc1NC(=O)c1ccc(NC(=O)N(C)Cc2ccncc2)cc1. The van der Waals surface area contributed by atoms with Crippen LogP contribution < -0.4 is 15.4 Å². The molecule has 3 rings (SSSR count). The minimum Gasteiger partial charge on any atom is -0.495 e. The van der Waals surface area contributed by atoms with Crippen molar-refractivity contribution >= 4 is 23.3 Å². The number of methoxy groups -OCH3 is 1. The second-order valence-corrected chi connectivity index (χ2v) is 6.37. The smallest absolute Gasteiger partial charge is 0.321 e. The van der Waals surface area contributed by atoms with Gasteiger partial charge in [0.25, 0.3) is 5.91 Å². The molecule has 0 unspecified atom stereocenters. The van der Waals surface area contributed by atoms with Crippen LogP contribution in [0.1, 0.15) is 15.9 Å². The lowest BCUT2D eigenvalue weighted by Crippen LogP contribution is -2.30. The quantitative estimate of drug-likeness (QED) is 0.666. The molecule has 3 amide bonds. The van der Waals surface area contributed by atoms with Gasteiger partial charge in [0.2, 0.25) is 0 Å². The van der Waals surface area contributed by atoms with E-state index in [0.29, 0.717) is 29.2 Å². The Hall–Kier alpha value is -3.87. The molecular weight excluding hydrogens is 368 g/mol. The minimum absolute atomic E-state index is 0.243. The number of benzene rings is 2. The van der Waals surface area contributed by atoms with Crippen LogP contribution in [0, 0.1) is 0 Å². The monoisotopic (exact) mass is 390 g/mol. The number of carbonyl (C=O) groups excluding carboxylic acids is 2. The molecule has 3 aromatic rings. The van der Waals surface area contributed by atoms with Gasteiger partial charge in [-0.05, 0) is 54.1 Å². The number of anilines is 2. The van der Waals surface area contributed by atoms with Crippen LogP contribution >= 0.6 is 0 Å². The fourth-order valence-electron chi connectivity index (χ4n) is 2.70. The van der Waals surface area contributed by atoms with Crippen LogP contribution in [-0.4, -0.2) is 36.0 Å². The number of nitrogens with zero attached hydrogens (tertiary/aromatic N) is 2. The summed E-state index contributed by atoms with van der Waals surface area (Å²) in [6.07, 6.45) is 3.38. The zero-order chi connectivity index (χ0) is 20.6. The van der Waals surface area contributed by atoms with Gasteiger partial charge in [-0.2, -0.15) is 0 Å². The number of amides is 3. The maximum Gasteiger partial charge on any atom is 0.321 e. The number of hydrogen-bond donors (Lipinski definition) is 2. The van der Waals surface area contributed by atoms with Crippen molar-refractivity contribution in [3.8, 4) is 5.75 Å². The van der Waals surface area contributed by atoms with Gasteiger partial charge in [-0.3, -0.25) is 9.78 Å². The highest BCUT2D eigenvalue weighted by molar-refractivity contribution is 6.05. The van der Waals surface area contributed by atoms with Gasteiger partial charge in [0, 0.05) is 37.2 Å². The van der Waals surface area contributed by atoms with Crippen molar-refractivity contribution in [3.05, 3.63) is 84.2 Å². The molecular formula is C22H22N4O3. The summed E-state index contributed by atoms with van der Waals surface area (Å²) < 4.78 is 5.24. The number of carbonyl (C=O) groups is 2. The highest BCUT2D eigenvalue weighted by Gasteiger charge is 2.12. The first-order valence-electron chi connectivity index (χ1n) is 9.02. The van der Waals surface area contributed by atoms with E-state index in [0.717, 1.165) is 5.56 Å². The van der Waals surface area contributed by atoms with E-state index >= 15 is 0 Å². The molecule has 0 saturated carbocycles. The van der Waals surface area contributed by atoms with Gasteiger partial charge in [0.15, 0.2) is 0 Å². The number of rotatable bonds is 6. The molecule has 0 spiro atoms. The summed E-state index contributed by atoms with van der Waals surface area (Å²) in [4.78, 5) is 30.3. The van der Waals surface area contributed by atoms with E-state index in [2.05, 4.69) is 15.6 Å². The van der Waals surface area contributed by atoms with Gasteiger partial charge in [-0.1, -0.05) is 12.1 Å². The molecule has 29 heavy (non-hydrogen) atoms. The summed E-state index contributed by atoms with van der Waals surface area (Å²) in [5.74, 6) is 0.323. The first kappa shape index (κ1) is 19.9. The molecule has 0 saturated heterocycles. The second kappa shape index (κ2) is 9.36. The Bertz CT molecular complexity index is 975. The third-order valence-corrected chi connectivity index (χ3v) is 4.27. The van der Waals surface area contributed by atoms with Crippen molar-refractivity contribution in [2.75, 3.05) is 24.8 Å². The lowest BCUT2D eigenvalue weighted by atomic mass is 10.2. The van der Waals surface area contributed by atoms with Crippen molar-refractivity contribution in [2.24, 2.45) is 0 Å². The first-order chi connectivity index (χ1) is 14.1. The summed E-state index contributed by atoms with van der Waals surface area (Å²) in [5.41, 5.74) is 2.65. The Balaban J connectivity index is 1.59. The van der Waals surface area contributed by atoms with Crippen LogP contribution in [-0.2, 0) is 6.54 Å². The maximum atomic E-state index is 12.5. The molecule has 2 aromatic carbocycles. The Morgan fingerprint density at radius 2 is 1.66 bits per heavy atom. The summed E-state index contributed by atoms with van der Waals surface area (Å²) >= 11 is 0. The molecule has 1 heterocycles. The van der Waals surface area contributed by atoms with Crippen LogP contribution in [0.5, 0.6) is 5.75 Å². The molecule has 2 N–H and O–H groups in total. The molecule has 0 aliphatic heterocycles. The largest absolute Gasteiger partial charge is 0.495 e. The number of hydrogen-bond acceptors (Lipinski definition) is 4. The molecule has 0 aliphatic rings. The Morgan fingerprint density at radius 3 is 2.34 bits per heavy atom. The minimum atomic E-state index is -0.262. The van der Waals surface area contributed by atoms with Crippen LogP contribution in [0.4, 0.5) is 16.2 Å². The number of nitrogens with one attached hydrogen (secondary N) is 2. The van der Waals surface area contributed by atoms with Gasteiger partial charge >= 0.3 is 6.03 Å². The highest BCUT2D eigenvalue weighted by Crippen LogP contribution is 2.24. The van der Waals surface area contributed by atoms with E-state index in [4.69, 9.17) is 4.74 Å². The van der Waals surface area contributed by atoms with E-state index in [1.54, 1.807) is 67.8 Å². The van der Waals surface area contributed by atoms with Gasteiger partial charge in [-0.25, -0.2) is 4.79 Å². The van der Waals surface area contributed by atoms with Gasteiger partial charge in [0.05, 0.1) is 12.8 Å². The van der Waals surface area contributed by atoms with Crippen LogP contribution in [0.25, 0.3) is 0 Å². The zero-order valence-electron chi connectivity index (χ0n) is 16.3. The average Bonchev–Trinajstić information content (AvgIpc) is 2.75. The summed E-state index contributed by atoms with van der Waals surface area (Å²) in [6.45, 7) is 0.466. The van der Waals surface area contributed by atoms with Gasteiger partial charge < -0.3 is 20.3 Å². The van der Waals surface area contributed by atoms with Crippen molar-refractivity contribution in [3.63, 3.8) is 0 Å². The molecule has 7 heteroatoms. The third kappa shape index (κ3) is 5.32. The van der Waals surface area contributed by atoms with E-state index in [-0.39, 0.29) is 11.9 Å². The van der Waals surface area contributed by atoms with Crippen molar-refractivity contribution in [1.29, 1.82) is 0 Å². The van der Waals surface area contributed by atoms with E-state index < -0.39 is 0 Å². The molecule has 0 bridgehead atoms. The number of urea groups is 1.